The van der Waals surface area contributed by atoms with Crippen LogP contribution in [0.4, 0.5) is 0 Å². The summed E-state index contributed by atoms with van der Waals surface area (Å²) >= 11 is 0. The van der Waals surface area contributed by atoms with Crippen molar-refractivity contribution in [3.05, 3.63) is 65.5 Å². The molecule has 1 aliphatic rings. The smallest absolute Gasteiger partial charge is 0.0447 e. The van der Waals surface area contributed by atoms with Crippen LogP contribution < -0.4 is 0 Å². The second-order valence-electron chi connectivity index (χ2n) is 5.93. The highest BCUT2D eigenvalue weighted by Gasteiger charge is 2.46. The van der Waals surface area contributed by atoms with Crippen LogP contribution in [0.15, 0.2) is 42.6 Å². The highest BCUT2D eigenvalue weighted by molar-refractivity contribution is 5.35. The van der Waals surface area contributed by atoms with Crippen molar-refractivity contribution < 1.29 is 0 Å². The lowest BCUT2D eigenvalue weighted by atomic mass is 9.84. The molecule has 97 valence electrons. The molecule has 1 saturated carbocycles. The van der Waals surface area contributed by atoms with Gasteiger partial charge in [0.05, 0.1) is 0 Å². The van der Waals surface area contributed by atoms with Crippen LogP contribution in [0.5, 0.6) is 0 Å². The first-order valence-electron chi connectivity index (χ1n) is 7.11. The summed E-state index contributed by atoms with van der Waals surface area (Å²) in [4.78, 5) is 4.33. The van der Waals surface area contributed by atoms with Crippen molar-refractivity contribution in [2.45, 2.75) is 38.5 Å². The van der Waals surface area contributed by atoms with Crippen molar-refractivity contribution in [1.82, 2.24) is 4.98 Å². The van der Waals surface area contributed by atoms with Crippen molar-refractivity contribution in [3.63, 3.8) is 0 Å². The maximum Gasteiger partial charge on any atom is 0.0447 e. The van der Waals surface area contributed by atoms with E-state index in [2.05, 4.69) is 49.2 Å². The summed E-state index contributed by atoms with van der Waals surface area (Å²) in [6, 6.07) is 16.1. The van der Waals surface area contributed by atoms with Crippen LogP contribution in [0.25, 0.3) is 0 Å². The van der Waals surface area contributed by atoms with Crippen LogP contribution in [-0.4, -0.2) is 4.98 Å². The average molecular weight is 250 g/mol. The zero-order valence-electron chi connectivity index (χ0n) is 11.7. The minimum Gasteiger partial charge on any atom is -0.260 e. The molecule has 0 spiro atoms. The Labute approximate surface area is 115 Å². The maximum atomic E-state index is 4.33. The summed E-state index contributed by atoms with van der Waals surface area (Å²) < 4.78 is 0. The molecular formula is C18H20N. The molecule has 1 aromatic heterocycles. The highest BCUT2D eigenvalue weighted by atomic mass is 14.7. The first kappa shape index (κ1) is 12.4. The van der Waals surface area contributed by atoms with Gasteiger partial charge in [-0.25, -0.2) is 0 Å². The fourth-order valence-electron chi connectivity index (χ4n) is 2.95. The Hall–Kier alpha value is -1.63. The minimum atomic E-state index is 0.471. The Morgan fingerprint density at radius 3 is 2.42 bits per heavy atom. The molecule has 2 aromatic rings. The van der Waals surface area contributed by atoms with Gasteiger partial charge < -0.3 is 0 Å². The topological polar surface area (TPSA) is 12.9 Å². The Bertz CT molecular complexity index is 536. The van der Waals surface area contributed by atoms with E-state index in [1.165, 1.54) is 24.0 Å². The standard InChI is InChI=1S/C18H20N/c1-14(2)18(10-11-18)16-8-6-15(7-9-16)13-17-5-3-4-12-19-17/h3,5-9,12,14H,10-11,13H2,1-2H3. The van der Waals surface area contributed by atoms with E-state index in [1.54, 1.807) is 6.20 Å². The molecule has 3 rings (SSSR count). The van der Waals surface area contributed by atoms with E-state index in [1.807, 2.05) is 12.1 Å². The zero-order valence-corrected chi connectivity index (χ0v) is 11.7. The number of rotatable bonds is 4. The quantitative estimate of drug-likeness (QED) is 0.794. The first-order valence-corrected chi connectivity index (χ1v) is 7.11. The van der Waals surface area contributed by atoms with Crippen molar-refractivity contribution >= 4 is 0 Å². The van der Waals surface area contributed by atoms with Gasteiger partial charge in [-0.1, -0.05) is 44.2 Å². The Kier molecular flexibility index (Phi) is 3.14. The molecule has 1 heteroatoms. The summed E-state index contributed by atoms with van der Waals surface area (Å²) in [5, 5.41) is 0. The molecule has 0 saturated heterocycles. The van der Waals surface area contributed by atoms with Crippen molar-refractivity contribution in [2.24, 2.45) is 5.92 Å². The van der Waals surface area contributed by atoms with Gasteiger partial charge in [0.2, 0.25) is 0 Å². The zero-order chi connectivity index (χ0) is 13.3. The van der Waals surface area contributed by atoms with E-state index in [-0.39, 0.29) is 0 Å². The Morgan fingerprint density at radius 1 is 1.16 bits per heavy atom. The van der Waals surface area contributed by atoms with Gasteiger partial charge in [-0.15, -0.1) is 0 Å². The van der Waals surface area contributed by atoms with Gasteiger partial charge in [0, 0.05) is 24.4 Å². The summed E-state index contributed by atoms with van der Waals surface area (Å²) in [6.07, 6.45) is 5.34. The van der Waals surface area contributed by atoms with E-state index in [0.29, 0.717) is 5.41 Å². The molecule has 1 aliphatic carbocycles. The fraction of sp³-hybridized carbons (Fsp3) is 0.389. The van der Waals surface area contributed by atoms with Gasteiger partial charge >= 0.3 is 0 Å². The summed E-state index contributed by atoms with van der Waals surface area (Å²) in [7, 11) is 0. The third-order valence-electron chi connectivity index (χ3n) is 4.48. The minimum absolute atomic E-state index is 0.471. The summed E-state index contributed by atoms with van der Waals surface area (Å²) in [6.45, 7) is 4.68. The number of pyridine rings is 1. The molecule has 1 radical (unpaired) electrons. The Morgan fingerprint density at radius 2 is 1.89 bits per heavy atom. The second kappa shape index (κ2) is 4.80. The lowest BCUT2D eigenvalue weighted by Gasteiger charge is -2.20. The van der Waals surface area contributed by atoms with Crippen LogP contribution in [0.1, 0.15) is 43.5 Å². The number of hydrogen-bond acceptors (Lipinski definition) is 1. The molecule has 0 atom stereocenters. The second-order valence-corrected chi connectivity index (χ2v) is 5.93. The molecular weight excluding hydrogens is 230 g/mol. The molecule has 1 fully saturated rings. The molecule has 19 heavy (non-hydrogen) atoms. The number of nitrogens with zero attached hydrogens (tertiary/aromatic N) is 1. The van der Waals surface area contributed by atoms with Crippen LogP contribution in [-0.2, 0) is 11.8 Å². The predicted octanol–water partition coefficient (Wildman–Crippen LogP) is 4.16. The van der Waals surface area contributed by atoms with Gasteiger partial charge in [0.15, 0.2) is 0 Å². The third kappa shape index (κ3) is 2.42. The molecule has 0 aliphatic heterocycles. The molecule has 0 unspecified atom stereocenters. The van der Waals surface area contributed by atoms with Gasteiger partial charge in [0.25, 0.3) is 0 Å². The van der Waals surface area contributed by atoms with E-state index < -0.39 is 0 Å². The number of benzene rings is 1. The maximum absolute atomic E-state index is 4.33. The van der Waals surface area contributed by atoms with E-state index in [0.717, 1.165) is 18.0 Å². The lowest BCUT2D eigenvalue weighted by Crippen LogP contribution is -2.14. The molecule has 1 heterocycles. The number of aromatic nitrogens is 1. The third-order valence-corrected chi connectivity index (χ3v) is 4.48. The van der Waals surface area contributed by atoms with Gasteiger partial charge in [-0.2, -0.15) is 0 Å². The van der Waals surface area contributed by atoms with Gasteiger partial charge in [0.1, 0.15) is 0 Å². The van der Waals surface area contributed by atoms with Crippen molar-refractivity contribution in [3.8, 4) is 0 Å². The van der Waals surface area contributed by atoms with Crippen LogP contribution in [0.3, 0.4) is 0 Å². The monoisotopic (exact) mass is 250 g/mol. The van der Waals surface area contributed by atoms with Crippen LogP contribution >= 0.6 is 0 Å². The molecule has 1 aromatic carbocycles. The van der Waals surface area contributed by atoms with E-state index in [4.69, 9.17) is 0 Å². The summed E-state index contributed by atoms with van der Waals surface area (Å²) in [5.41, 5.74) is 4.43. The van der Waals surface area contributed by atoms with E-state index >= 15 is 0 Å². The summed E-state index contributed by atoms with van der Waals surface area (Å²) in [5.74, 6) is 0.740. The van der Waals surface area contributed by atoms with Crippen LogP contribution in [0.2, 0.25) is 0 Å². The Balaban J connectivity index is 1.77. The fourth-order valence-corrected chi connectivity index (χ4v) is 2.95. The largest absolute Gasteiger partial charge is 0.260 e. The normalized spacial score (nSPS) is 16.6. The van der Waals surface area contributed by atoms with E-state index in [9.17, 15) is 0 Å². The van der Waals surface area contributed by atoms with Gasteiger partial charge in [-0.05, 0) is 41.4 Å². The SMILES string of the molecule is CC(C)C1(c2ccc(Cc3cc[c]cn3)cc2)CC1. The molecule has 0 bridgehead atoms. The highest BCUT2D eigenvalue weighted by Crippen LogP contribution is 2.53. The van der Waals surface area contributed by atoms with Crippen molar-refractivity contribution in [1.29, 1.82) is 0 Å². The average Bonchev–Trinajstić information content (AvgIpc) is 3.22. The predicted molar refractivity (Wildman–Crippen MR) is 78.1 cm³/mol. The van der Waals surface area contributed by atoms with Crippen LogP contribution in [0, 0.1) is 12.0 Å². The van der Waals surface area contributed by atoms with Gasteiger partial charge in [-0.3, -0.25) is 4.98 Å². The van der Waals surface area contributed by atoms with Crippen molar-refractivity contribution in [2.75, 3.05) is 0 Å². The molecule has 0 amide bonds. The number of hydrogen-bond donors (Lipinski definition) is 0. The molecule has 1 nitrogen and oxygen atoms in total. The lowest BCUT2D eigenvalue weighted by molar-refractivity contribution is 0.481. The first-order chi connectivity index (χ1) is 9.21. The molecule has 0 N–H and O–H groups in total.